The molecular weight excluding hydrogens is 506 g/mol. The van der Waals surface area contributed by atoms with E-state index in [-0.39, 0.29) is 22.9 Å². The zero-order valence-corrected chi connectivity index (χ0v) is 24.1. The predicted molar refractivity (Wildman–Crippen MR) is 156 cm³/mol. The Balaban J connectivity index is 1.92. The molecule has 3 aromatic carbocycles. The number of aliphatic hydroxyl groups is 1. The lowest BCUT2D eigenvalue weighted by atomic mass is 9.84. The zero-order chi connectivity index (χ0) is 29.2. The van der Waals surface area contributed by atoms with Crippen molar-refractivity contribution in [3.63, 3.8) is 0 Å². The number of amides is 1. The van der Waals surface area contributed by atoms with Crippen molar-refractivity contribution in [2.24, 2.45) is 0 Å². The molecule has 3 aromatic rings. The number of methoxy groups -OCH3 is 1. The number of anilines is 1. The number of hydrogen-bond acceptors (Lipinski definition) is 6. The van der Waals surface area contributed by atoms with Crippen molar-refractivity contribution in [1.82, 2.24) is 0 Å². The first-order valence-corrected chi connectivity index (χ1v) is 13.5. The average Bonchev–Trinajstić information content (AvgIpc) is 3.18. The highest BCUT2D eigenvalue weighted by molar-refractivity contribution is 6.51. The lowest BCUT2D eigenvalue weighted by Crippen LogP contribution is -2.29. The second kappa shape index (κ2) is 11.5. The highest BCUT2D eigenvalue weighted by atomic mass is 16.5. The quantitative estimate of drug-likeness (QED) is 0.191. The fourth-order valence-electron chi connectivity index (χ4n) is 4.90. The summed E-state index contributed by atoms with van der Waals surface area (Å²) in [5, 5.41) is 11.7. The summed E-state index contributed by atoms with van der Waals surface area (Å²) in [6, 6.07) is 18.7. The summed E-state index contributed by atoms with van der Waals surface area (Å²) in [5.74, 6) is 0.175. The van der Waals surface area contributed by atoms with Gasteiger partial charge in [-0.1, -0.05) is 39.0 Å². The van der Waals surface area contributed by atoms with Crippen LogP contribution >= 0.6 is 0 Å². The van der Waals surface area contributed by atoms with E-state index >= 15 is 0 Å². The lowest BCUT2D eigenvalue weighted by Gasteiger charge is -2.26. The van der Waals surface area contributed by atoms with Gasteiger partial charge in [-0.05, 0) is 74.2 Å². The van der Waals surface area contributed by atoms with Crippen LogP contribution in [0.5, 0.6) is 17.2 Å². The molecule has 0 aliphatic carbocycles. The molecule has 1 fully saturated rings. The Kier molecular flexibility index (Phi) is 8.24. The molecule has 7 nitrogen and oxygen atoms in total. The Bertz CT molecular complexity index is 1430. The number of benzene rings is 3. The van der Waals surface area contributed by atoms with E-state index in [1.54, 1.807) is 55.6 Å². The third kappa shape index (κ3) is 5.69. The highest BCUT2D eigenvalue weighted by Gasteiger charge is 2.47. The smallest absolute Gasteiger partial charge is 0.300 e. The molecule has 0 radical (unpaired) electrons. The normalized spacial score (nSPS) is 16.9. The molecule has 1 atom stereocenters. The van der Waals surface area contributed by atoms with Crippen LogP contribution in [0.25, 0.3) is 5.76 Å². The van der Waals surface area contributed by atoms with Crippen molar-refractivity contribution >= 4 is 23.1 Å². The van der Waals surface area contributed by atoms with Gasteiger partial charge < -0.3 is 19.3 Å². The van der Waals surface area contributed by atoms with E-state index in [1.807, 2.05) is 59.7 Å². The van der Waals surface area contributed by atoms with Crippen LogP contribution in [0.2, 0.25) is 0 Å². The number of ether oxygens (including phenoxy) is 3. The lowest BCUT2D eigenvalue weighted by molar-refractivity contribution is -0.132. The number of ketones is 1. The number of Topliss-reactive ketones (excluding diaryl/α,β-unsaturated/α-hetero) is 1. The van der Waals surface area contributed by atoms with Crippen molar-refractivity contribution < 1.29 is 28.9 Å². The molecule has 0 spiro atoms. The van der Waals surface area contributed by atoms with Gasteiger partial charge in [0.1, 0.15) is 23.0 Å². The molecule has 1 aliphatic rings. The number of hydrogen-bond donors (Lipinski definition) is 1. The minimum absolute atomic E-state index is 0.00867. The summed E-state index contributed by atoms with van der Waals surface area (Å²) >= 11 is 0. The molecule has 1 N–H and O–H groups in total. The standard InChI is InChI=1S/C33H37NO6/c1-8-39-25-11-9-10-23(19-25)34-29(21-12-15-24(16-13-21)40-20(2)3)28(31(36)32(34)37)30(35)22-14-17-27(38-7)26(18-22)33(4,5)6/h9-20,29,35H,8H2,1-7H3/b30-28-. The summed E-state index contributed by atoms with van der Waals surface area (Å²) in [6.45, 7) is 12.3. The van der Waals surface area contributed by atoms with Gasteiger partial charge in [0, 0.05) is 22.9 Å². The molecule has 1 heterocycles. The summed E-state index contributed by atoms with van der Waals surface area (Å²) < 4.78 is 17.0. The first kappa shape index (κ1) is 28.7. The van der Waals surface area contributed by atoms with Gasteiger partial charge in [-0.3, -0.25) is 14.5 Å². The molecule has 1 unspecified atom stereocenters. The minimum Gasteiger partial charge on any atom is -0.507 e. The first-order valence-electron chi connectivity index (χ1n) is 13.5. The monoisotopic (exact) mass is 543 g/mol. The van der Waals surface area contributed by atoms with Crippen LogP contribution in [0.1, 0.15) is 64.3 Å². The maximum Gasteiger partial charge on any atom is 0.300 e. The van der Waals surface area contributed by atoms with E-state index in [0.717, 1.165) is 5.56 Å². The summed E-state index contributed by atoms with van der Waals surface area (Å²) in [4.78, 5) is 28.6. The molecule has 0 aromatic heterocycles. The Labute approximate surface area is 236 Å². The second-order valence-electron chi connectivity index (χ2n) is 11.0. The number of aliphatic hydroxyl groups excluding tert-OH is 1. The Morgan fingerprint density at radius 3 is 2.27 bits per heavy atom. The van der Waals surface area contributed by atoms with Crippen LogP contribution < -0.4 is 19.1 Å². The third-order valence-electron chi connectivity index (χ3n) is 6.70. The van der Waals surface area contributed by atoms with Crippen molar-refractivity contribution in [3.8, 4) is 17.2 Å². The summed E-state index contributed by atoms with van der Waals surface area (Å²) in [5.41, 5.74) is 2.16. The fraction of sp³-hybridized carbons (Fsp3) is 0.333. The minimum atomic E-state index is -0.870. The van der Waals surface area contributed by atoms with Crippen molar-refractivity contribution in [2.45, 2.75) is 59.1 Å². The third-order valence-corrected chi connectivity index (χ3v) is 6.70. The largest absolute Gasteiger partial charge is 0.507 e. The number of carbonyl (C=O) groups excluding carboxylic acids is 2. The molecule has 210 valence electrons. The second-order valence-corrected chi connectivity index (χ2v) is 11.0. The van der Waals surface area contributed by atoms with E-state index in [1.165, 1.54) is 4.90 Å². The Morgan fingerprint density at radius 2 is 1.68 bits per heavy atom. The van der Waals surface area contributed by atoms with Crippen LogP contribution in [0.15, 0.2) is 72.3 Å². The molecule has 1 amide bonds. The van der Waals surface area contributed by atoms with Gasteiger partial charge in [0.25, 0.3) is 11.7 Å². The number of rotatable bonds is 8. The van der Waals surface area contributed by atoms with E-state index in [2.05, 4.69) is 0 Å². The van der Waals surface area contributed by atoms with E-state index in [4.69, 9.17) is 14.2 Å². The van der Waals surface area contributed by atoms with Crippen LogP contribution in [-0.2, 0) is 15.0 Å². The van der Waals surface area contributed by atoms with Crippen molar-refractivity contribution in [3.05, 3.63) is 89.0 Å². The molecule has 4 rings (SSSR count). The average molecular weight is 544 g/mol. The van der Waals surface area contributed by atoms with Gasteiger partial charge in [-0.2, -0.15) is 0 Å². The van der Waals surface area contributed by atoms with Crippen LogP contribution in [0.3, 0.4) is 0 Å². The topological polar surface area (TPSA) is 85.3 Å². The van der Waals surface area contributed by atoms with Gasteiger partial charge >= 0.3 is 0 Å². The molecule has 0 saturated carbocycles. The van der Waals surface area contributed by atoms with E-state index in [0.29, 0.717) is 40.7 Å². The fourth-order valence-corrected chi connectivity index (χ4v) is 4.90. The molecule has 1 saturated heterocycles. The zero-order valence-electron chi connectivity index (χ0n) is 24.1. The SMILES string of the molecule is CCOc1cccc(N2C(=O)C(=O)/C(=C(\O)c3ccc(OC)c(C(C)(C)C)c3)C2c2ccc(OC(C)C)cc2)c1. The Morgan fingerprint density at radius 1 is 0.975 bits per heavy atom. The molecule has 0 bridgehead atoms. The maximum absolute atomic E-state index is 13.6. The van der Waals surface area contributed by atoms with Crippen molar-refractivity contribution in [2.75, 3.05) is 18.6 Å². The van der Waals surface area contributed by atoms with Gasteiger partial charge in [0.05, 0.1) is 31.4 Å². The Hall–Kier alpha value is -4.26. The summed E-state index contributed by atoms with van der Waals surface area (Å²) in [6.07, 6.45) is -0.00937. The number of carbonyl (C=O) groups is 2. The number of nitrogens with zero attached hydrogens (tertiary/aromatic N) is 1. The van der Waals surface area contributed by atoms with Crippen LogP contribution in [0, 0.1) is 0 Å². The molecular formula is C33H37NO6. The van der Waals surface area contributed by atoms with Crippen LogP contribution in [0.4, 0.5) is 5.69 Å². The van der Waals surface area contributed by atoms with Gasteiger partial charge in [-0.15, -0.1) is 0 Å². The summed E-state index contributed by atoms with van der Waals surface area (Å²) in [7, 11) is 1.60. The van der Waals surface area contributed by atoms with Gasteiger partial charge in [0.2, 0.25) is 0 Å². The van der Waals surface area contributed by atoms with E-state index in [9.17, 15) is 14.7 Å². The van der Waals surface area contributed by atoms with E-state index < -0.39 is 17.7 Å². The maximum atomic E-state index is 13.6. The van der Waals surface area contributed by atoms with Gasteiger partial charge in [0.15, 0.2) is 0 Å². The first-order chi connectivity index (χ1) is 19.0. The van der Waals surface area contributed by atoms with Gasteiger partial charge in [-0.25, -0.2) is 0 Å². The molecule has 1 aliphatic heterocycles. The molecule has 7 heteroatoms. The van der Waals surface area contributed by atoms with Crippen LogP contribution in [-0.4, -0.2) is 36.6 Å². The molecule has 40 heavy (non-hydrogen) atoms. The van der Waals surface area contributed by atoms with Crippen molar-refractivity contribution in [1.29, 1.82) is 0 Å². The predicted octanol–water partition coefficient (Wildman–Crippen LogP) is 6.80. The highest BCUT2D eigenvalue weighted by Crippen LogP contribution is 2.44.